The van der Waals surface area contributed by atoms with Crippen molar-refractivity contribution in [3.8, 4) is 11.5 Å². The van der Waals surface area contributed by atoms with Crippen LogP contribution in [0.25, 0.3) is 10.8 Å². The van der Waals surface area contributed by atoms with Gasteiger partial charge in [0.25, 0.3) is 0 Å². The van der Waals surface area contributed by atoms with E-state index in [0.29, 0.717) is 6.61 Å². The van der Waals surface area contributed by atoms with Crippen LogP contribution in [-0.2, 0) is 11.3 Å². The number of hydrogen-bond donors (Lipinski definition) is 0. The van der Waals surface area contributed by atoms with Crippen LogP contribution in [0.1, 0.15) is 17.4 Å². The number of morpholine rings is 1. The van der Waals surface area contributed by atoms with Crippen molar-refractivity contribution in [3.05, 3.63) is 66.0 Å². The summed E-state index contributed by atoms with van der Waals surface area (Å²) in [6.07, 6.45) is 1.92. The van der Waals surface area contributed by atoms with Gasteiger partial charge in [0.1, 0.15) is 6.10 Å². The smallest absolute Gasteiger partial charge is 0.161 e. The van der Waals surface area contributed by atoms with E-state index in [-0.39, 0.29) is 6.10 Å². The lowest BCUT2D eigenvalue weighted by Crippen LogP contribution is -2.38. The summed E-state index contributed by atoms with van der Waals surface area (Å²) in [4.78, 5) is 7.03. The Morgan fingerprint density at radius 1 is 1.04 bits per heavy atom. The van der Waals surface area contributed by atoms with E-state index in [4.69, 9.17) is 14.2 Å². The first-order valence-electron chi connectivity index (χ1n) is 9.16. The number of pyridine rings is 1. The Labute approximate surface area is 159 Å². The summed E-state index contributed by atoms with van der Waals surface area (Å²) in [5.41, 5.74) is 2.19. The monoisotopic (exact) mass is 364 g/mol. The lowest BCUT2D eigenvalue weighted by atomic mass is 10.1. The molecule has 1 fully saturated rings. The second-order valence-corrected chi connectivity index (χ2v) is 6.74. The topological polar surface area (TPSA) is 43.8 Å². The lowest BCUT2D eigenvalue weighted by Gasteiger charge is -2.32. The third kappa shape index (κ3) is 3.89. The average molecular weight is 364 g/mol. The zero-order valence-corrected chi connectivity index (χ0v) is 15.7. The minimum atomic E-state index is -0.0106. The zero-order valence-electron chi connectivity index (χ0n) is 15.7. The van der Waals surface area contributed by atoms with E-state index in [1.165, 1.54) is 10.9 Å². The van der Waals surface area contributed by atoms with Gasteiger partial charge in [-0.25, -0.2) is 0 Å². The van der Waals surface area contributed by atoms with Crippen molar-refractivity contribution in [1.29, 1.82) is 0 Å². The molecule has 5 heteroatoms. The van der Waals surface area contributed by atoms with Crippen LogP contribution in [0.4, 0.5) is 0 Å². The van der Waals surface area contributed by atoms with Crippen LogP contribution in [0.3, 0.4) is 0 Å². The molecule has 1 atom stereocenters. The van der Waals surface area contributed by atoms with Gasteiger partial charge >= 0.3 is 0 Å². The highest BCUT2D eigenvalue weighted by atomic mass is 16.5. The first-order valence-corrected chi connectivity index (χ1v) is 9.16. The number of hydrogen-bond acceptors (Lipinski definition) is 5. The molecule has 1 aliphatic rings. The first kappa shape index (κ1) is 17.8. The molecule has 0 bridgehead atoms. The van der Waals surface area contributed by atoms with Crippen molar-refractivity contribution in [2.24, 2.45) is 0 Å². The number of ether oxygens (including phenoxy) is 3. The Hall–Kier alpha value is -2.63. The summed E-state index contributed by atoms with van der Waals surface area (Å²) < 4.78 is 16.8. The third-order valence-corrected chi connectivity index (χ3v) is 4.99. The van der Waals surface area contributed by atoms with Gasteiger partial charge in [-0.1, -0.05) is 30.3 Å². The Morgan fingerprint density at radius 3 is 2.67 bits per heavy atom. The van der Waals surface area contributed by atoms with Gasteiger partial charge in [-0.3, -0.25) is 9.88 Å². The molecule has 0 unspecified atom stereocenters. The maximum atomic E-state index is 6.01. The molecule has 0 aliphatic carbocycles. The lowest BCUT2D eigenvalue weighted by molar-refractivity contribution is -0.0349. The fourth-order valence-electron chi connectivity index (χ4n) is 3.54. The molecule has 1 aliphatic heterocycles. The second-order valence-electron chi connectivity index (χ2n) is 6.74. The molecule has 1 saturated heterocycles. The molecule has 27 heavy (non-hydrogen) atoms. The Bertz CT molecular complexity index is 928. The second kappa shape index (κ2) is 7.94. The average Bonchev–Trinajstić information content (AvgIpc) is 2.73. The highest BCUT2D eigenvalue weighted by Gasteiger charge is 2.23. The molecule has 1 aromatic heterocycles. The predicted octanol–water partition coefficient (Wildman–Crippen LogP) is 3.83. The minimum absolute atomic E-state index is 0.0106. The number of rotatable bonds is 5. The van der Waals surface area contributed by atoms with Gasteiger partial charge < -0.3 is 14.2 Å². The highest BCUT2D eigenvalue weighted by Crippen LogP contribution is 2.29. The maximum Gasteiger partial charge on any atom is 0.161 e. The van der Waals surface area contributed by atoms with Crippen molar-refractivity contribution < 1.29 is 14.2 Å². The quantitative estimate of drug-likeness (QED) is 0.688. The van der Waals surface area contributed by atoms with Crippen LogP contribution in [0.2, 0.25) is 0 Å². The van der Waals surface area contributed by atoms with Crippen LogP contribution in [-0.4, -0.2) is 43.8 Å². The number of benzene rings is 2. The molecule has 0 saturated carbocycles. The van der Waals surface area contributed by atoms with Crippen LogP contribution in [0, 0.1) is 0 Å². The Kier molecular flexibility index (Phi) is 5.23. The van der Waals surface area contributed by atoms with Gasteiger partial charge in [-0.2, -0.15) is 0 Å². The van der Waals surface area contributed by atoms with Crippen molar-refractivity contribution in [2.75, 3.05) is 33.9 Å². The van der Waals surface area contributed by atoms with Gasteiger partial charge in [0.15, 0.2) is 11.5 Å². The van der Waals surface area contributed by atoms with E-state index < -0.39 is 0 Å². The molecule has 2 aromatic carbocycles. The van der Waals surface area contributed by atoms with Gasteiger partial charge in [-0.05, 0) is 29.1 Å². The molecule has 2 heterocycles. The van der Waals surface area contributed by atoms with E-state index >= 15 is 0 Å². The van der Waals surface area contributed by atoms with Crippen LogP contribution in [0.15, 0.2) is 54.7 Å². The van der Waals surface area contributed by atoms with Crippen molar-refractivity contribution in [3.63, 3.8) is 0 Å². The van der Waals surface area contributed by atoms with Crippen molar-refractivity contribution in [1.82, 2.24) is 9.88 Å². The van der Waals surface area contributed by atoms with Crippen LogP contribution >= 0.6 is 0 Å². The standard InChI is InChI=1S/C22H24N2O3/c1-25-20-8-7-16(11-21(20)26-2)14-24-9-10-27-22(15-24)19-12-17-5-3-4-6-18(17)13-23-19/h3-8,11-13,22H,9-10,14-15H2,1-2H3/t22-/m0/s1. The fourth-order valence-corrected chi connectivity index (χ4v) is 3.54. The largest absolute Gasteiger partial charge is 0.493 e. The third-order valence-electron chi connectivity index (χ3n) is 4.99. The van der Waals surface area contributed by atoms with E-state index in [9.17, 15) is 0 Å². The summed E-state index contributed by atoms with van der Waals surface area (Å²) in [6, 6.07) is 16.5. The number of aromatic nitrogens is 1. The zero-order chi connectivity index (χ0) is 18.6. The predicted molar refractivity (Wildman–Crippen MR) is 105 cm³/mol. The summed E-state index contributed by atoms with van der Waals surface area (Å²) in [6.45, 7) is 3.26. The number of fused-ring (bicyclic) bond motifs is 1. The van der Waals surface area contributed by atoms with E-state index in [1.54, 1.807) is 14.2 Å². The molecule has 0 N–H and O–H groups in total. The SMILES string of the molecule is COc1ccc(CN2CCO[C@H](c3cc4ccccc4cn3)C2)cc1OC. The minimum Gasteiger partial charge on any atom is -0.493 e. The molecular weight excluding hydrogens is 340 g/mol. The molecule has 0 amide bonds. The molecule has 140 valence electrons. The molecule has 0 radical (unpaired) electrons. The molecule has 4 rings (SSSR count). The summed E-state index contributed by atoms with van der Waals surface area (Å²) in [5.74, 6) is 1.51. The van der Waals surface area contributed by atoms with Gasteiger partial charge in [-0.15, -0.1) is 0 Å². The first-order chi connectivity index (χ1) is 13.3. The highest BCUT2D eigenvalue weighted by molar-refractivity contribution is 5.81. The Morgan fingerprint density at radius 2 is 1.85 bits per heavy atom. The van der Waals surface area contributed by atoms with Gasteiger partial charge in [0, 0.05) is 31.2 Å². The molecular formula is C22H24N2O3. The fraction of sp³-hybridized carbons (Fsp3) is 0.318. The van der Waals surface area contributed by atoms with E-state index in [0.717, 1.165) is 42.2 Å². The summed E-state index contributed by atoms with van der Waals surface area (Å²) in [7, 11) is 3.32. The van der Waals surface area contributed by atoms with Gasteiger partial charge in [0.05, 0.1) is 26.5 Å². The molecule has 5 nitrogen and oxygen atoms in total. The summed E-state index contributed by atoms with van der Waals surface area (Å²) in [5, 5.41) is 2.35. The van der Waals surface area contributed by atoms with Crippen molar-refractivity contribution in [2.45, 2.75) is 12.6 Å². The van der Waals surface area contributed by atoms with Gasteiger partial charge in [0.2, 0.25) is 0 Å². The molecule has 3 aromatic rings. The number of methoxy groups -OCH3 is 2. The summed E-state index contributed by atoms with van der Waals surface area (Å²) >= 11 is 0. The van der Waals surface area contributed by atoms with E-state index in [1.807, 2.05) is 24.4 Å². The normalized spacial score (nSPS) is 17.8. The van der Waals surface area contributed by atoms with Crippen molar-refractivity contribution >= 4 is 10.8 Å². The van der Waals surface area contributed by atoms with Crippen LogP contribution < -0.4 is 9.47 Å². The number of nitrogens with zero attached hydrogens (tertiary/aromatic N) is 2. The maximum absolute atomic E-state index is 6.01. The Balaban J connectivity index is 1.49. The molecule has 0 spiro atoms. The van der Waals surface area contributed by atoms with Crippen LogP contribution in [0.5, 0.6) is 11.5 Å². The van der Waals surface area contributed by atoms with E-state index in [2.05, 4.69) is 40.2 Å².